The van der Waals surface area contributed by atoms with Gasteiger partial charge in [-0.25, -0.2) is 4.98 Å². The molecule has 6 nitrogen and oxygen atoms in total. The lowest BCUT2D eigenvalue weighted by Crippen LogP contribution is -2.31. The van der Waals surface area contributed by atoms with E-state index in [0.29, 0.717) is 6.61 Å². The molecule has 2 aromatic carbocycles. The van der Waals surface area contributed by atoms with Crippen LogP contribution >= 0.6 is 0 Å². The standard InChI is InChI=1S/C24H31N3O3/c1-17-11-12-20(15-18(17)2)30-14-8-7-13-27-22-10-6-5-9-21(22)26-24(27)19(3)25-23(28)16-29-4/h5-6,9-12,15,19H,7-8,13-14,16H2,1-4H3,(H,25,28). The van der Waals surface area contributed by atoms with Crippen LogP contribution in [0.1, 0.15) is 42.8 Å². The van der Waals surface area contributed by atoms with E-state index in [-0.39, 0.29) is 18.6 Å². The summed E-state index contributed by atoms with van der Waals surface area (Å²) >= 11 is 0. The molecular formula is C24H31N3O3. The summed E-state index contributed by atoms with van der Waals surface area (Å²) in [5, 5.41) is 2.96. The largest absolute Gasteiger partial charge is 0.494 e. The van der Waals surface area contributed by atoms with Crippen molar-refractivity contribution in [2.24, 2.45) is 0 Å². The smallest absolute Gasteiger partial charge is 0.246 e. The molecule has 0 aliphatic rings. The highest BCUT2D eigenvalue weighted by Gasteiger charge is 2.18. The maximum atomic E-state index is 11.9. The van der Waals surface area contributed by atoms with Gasteiger partial charge in [0, 0.05) is 13.7 Å². The highest BCUT2D eigenvalue weighted by molar-refractivity contribution is 5.78. The van der Waals surface area contributed by atoms with Crippen LogP contribution in [-0.2, 0) is 16.1 Å². The molecule has 1 unspecified atom stereocenters. The van der Waals surface area contributed by atoms with Crippen molar-refractivity contribution in [3.05, 3.63) is 59.4 Å². The molecule has 6 heteroatoms. The van der Waals surface area contributed by atoms with Crippen molar-refractivity contribution in [2.45, 2.75) is 46.2 Å². The number of nitrogens with one attached hydrogen (secondary N) is 1. The summed E-state index contributed by atoms with van der Waals surface area (Å²) in [6, 6.07) is 14.1. The zero-order valence-electron chi connectivity index (χ0n) is 18.3. The number of aryl methyl sites for hydroxylation is 3. The molecule has 0 radical (unpaired) electrons. The second-order valence-electron chi connectivity index (χ2n) is 7.63. The minimum atomic E-state index is -0.202. The third kappa shape index (κ3) is 5.39. The van der Waals surface area contributed by atoms with E-state index >= 15 is 0 Å². The number of para-hydroxylation sites is 2. The Balaban J connectivity index is 1.62. The zero-order chi connectivity index (χ0) is 21.5. The summed E-state index contributed by atoms with van der Waals surface area (Å²) in [5.41, 5.74) is 4.53. The average Bonchev–Trinajstić information content (AvgIpc) is 3.09. The van der Waals surface area contributed by atoms with Crippen molar-refractivity contribution in [2.75, 3.05) is 20.3 Å². The van der Waals surface area contributed by atoms with E-state index in [4.69, 9.17) is 14.5 Å². The molecule has 0 saturated heterocycles. The van der Waals surface area contributed by atoms with Gasteiger partial charge in [0.25, 0.3) is 0 Å². The Morgan fingerprint density at radius 2 is 1.93 bits per heavy atom. The number of carbonyl (C=O) groups is 1. The summed E-state index contributed by atoms with van der Waals surface area (Å²) in [4.78, 5) is 16.7. The molecule has 160 valence electrons. The maximum absolute atomic E-state index is 11.9. The van der Waals surface area contributed by atoms with Gasteiger partial charge in [-0.05, 0) is 69.0 Å². The molecule has 3 aromatic rings. The fraction of sp³-hybridized carbons (Fsp3) is 0.417. The fourth-order valence-electron chi connectivity index (χ4n) is 3.50. The Morgan fingerprint density at radius 1 is 1.13 bits per heavy atom. The van der Waals surface area contributed by atoms with E-state index in [9.17, 15) is 4.79 Å². The number of methoxy groups -OCH3 is 1. The number of hydrogen-bond acceptors (Lipinski definition) is 4. The van der Waals surface area contributed by atoms with Gasteiger partial charge in [-0.2, -0.15) is 0 Å². The van der Waals surface area contributed by atoms with Gasteiger partial charge in [-0.3, -0.25) is 4.79 Å². The summed E-state index contributed by atoms with van der Waals surface area (Å²) in [5.74, 6) is 1.63. The number of hydrogen-bond donors (Lipinski definition) is 1. The van der Waals surface area contributed by atoms with Gasteiger partial charge >= 0.3 is 0 Å². The number of fused-ring (bicyclic) bond motifs is 1. The molecule has 1 atom stereocenters. The maximum Gasteiger partial charge on any atom is 0.246 e. The number of rotatable bonds is 10. The van der Waals surface area contributed by atoms with Crippen LogP contribution < -0.4 is 10.1 Å². The first kappa shape index (κ1) is 21.8. The van der Waals surface area contributed by atoms with Crippen LogP contribution in [0.3, 0.4) is 0 Å². The quantitative estimate of drug-likeness (QED) is 0.506. The van der Waals surface area contributed by atoms with E-state index in [2.05, 4.69) is 41.9 Å². The third-order valence-electron chi connectivity index (χ3n) is 5.25. The van der Waals surface area contributed by atoms with Gasteiger partial charge in [-0.1, -0.05) is 18.2 Å². The monoisotopic (exact) mass is 409 g/mol. The highest BCUT2D eigenvalue weighted by Crippen LogP contribution is 2.22. The van der Waals surface area contributed by atoms with E-state index < -0.39 is 0 Å². The lowest BCUT2D eigenvalue weighted by atomic mass is 10.1. The summed E-state index contributed by atoms with van der Waals surface area (Å²) in [6.07, 6.45) is 1.89. The summed E-state index contributed by atoms with van der Waals surface area (Å²) < 4.78 is 13.0. The number of aromatic nitrogens is 2. The van der Waals surface area contributed by atoms with Crippen LogP contribution in [0, 0.1) is 13.8 Å². The lowest BCUT2D eigenvalue weighted by Gasteiger charge is -2.16. The fourth-order valence-corrected chi connectivity index (χ4v) is 3.50. The normalized spacial score (nSPS) is 12.1. The summed E-state index contributed by atoms with van der Waals surface area (Å²) in [7, 11) is 1.51. The molecule has 0 aliphatic carbocycles. The number of nitrogens with zero attached hydrogens (tertiary/aromatic N) is 2. The van der Waals surface area contributed by atoms with E-state index in [1.54, 1.807) is 0 Å². The van der Waals surface area contributed by atoms with Gasteiger partial charge in [-0.15, -0.1) is 0 Å². The zero-order valence-corrected chi connectivity index (χ0v) is 18.3. The van der Waals surface area contributed by atoms with Gasteiger partial charge < -0.3 is 19.4 Å². The molecule has 1 amide bonds. The van der Waals surface area contributed by atoms with Crippen molar-refractivity contribution in [1.82, 2.24) is 14.9 Å². The Labute approximate surface area is 178 Å². The Morgan fingerprint density at radius 3 is 2.70 bits per heavy atom. The molecule has 1 N–H and O–H groups in total. The molecule has 0 fully saturated rings. The molecule has 1 aromatic heterocycles. The van der Waals surface area contributed by atoms with Crippen LogP contribution in [-0.4, -0.2) is 35.8 Å². The molecule has 0 bridgehead atoms. The predicted molar refractivity (Wildman–Crippen MR) is 119 cm³/mol. The Bertz CT molecular complexity index is 997. The molecule has 0 aliphatic heterocycles. The average molecular weight is 410 g/mol. The molecule has 3 rings (SSSR count). The Hall–Kier alpha value is -2.86. The number of imidazole rings is 1. The second kappa shape index (κ2) is 10.3. The van der Waals surface area contributed by atoms with Crippen LogP contribution in [0.15, 0.2) is 42.5 Å². The first-order valence-electron chi connectivity index (χ1n) is 10.4. The molecular weight excluding hydrogens is 378 g/mol. The van der Waals surface area contributed by atoms with Crippen LogP contribution in [0.2, 0.25) is 0 Å². The molecule has 0 spiro atoms. The minimum absolute atomic E-state index is 0.0421. The number of unbranched alkanes of at least 4 members (excludes halogenated alkanes) is 1. The van der Waals surface area contributed by atoms with Gasteiger partial charge in [0.2, 0.25) is 5.91 Å². The van der Waals surface area contributed by atoms with Gasteiger partial charge in [0.1, 0.15) is 18.2 Å². The third-order valence-corrected chi connectivity index (χ3v) is 5.25. The van der Waals surface area contributed by atoms with E-state index in [1.165, 1.54) is 18.2 Å². The van der Waals surface area contributed by atoms with Crippen molar-refractivity contribution in [3.63, 3.8) is 0 Å². The lowest BCUT2D eigenvalue weighted by molar-refractivity contribution is -0.125. The molecule has 1 heterocycles. The first-order chi connectivity index (χ1) is 14.5. The van der Waals surface area contributed by atoms with E-state index in [0.717, 1.165) is 42.0 Å². The number of ether oxygens (including phenoxy) is 2. The second-order valence-corrected chi connectivity index (χ2v) is 7.63. The number of benzene rings is 2. The van der Waals surface area contributed by atoms with E-state index in [1.807, 2.05) is 31.2 Å². The SMILES string of the molecule is COCC(=O)NC(C)c1nc2ccccc2n1CCCCOc1ccc(C)c(C)c1. The predicted octanol–water partition coefficient (Wildman–Crippen LogP) is 4.34. The topological polar surface area (TPSA) is 65.4 Å². The van der Waals surface area contributed by atoms with Crippen molar-refractivity contribution >= 4 is 16.9 Å². The van der Waals surface area contributed by atoms with Crippen LogP contribution in [0.5, 0.6) is 5.75 Å². The van der Waals surface area contributed by atoms with Crippen molar-refractivity contribution in [1.29, 1.82) is 0 Å². The molecule has 0 saturated carbocycles. The Kier molecular flexibility index (Phi) is 7.46. The van der Waals surface area contributed by atoms with Gasteiger partial charge in [0.05, 0.1) is 23.7 Å². The minimum Gasteiger partial charge on any atom is -0.494 e. The number of carbonyl (C=O) groups excluding carboxylic acids is 1. The van der Waals surface area contributed by atoms with Crippen molar-refractivity contribution in [3.8, 4) is 5.75 Å². The van der Waals surface area contributed by atoms with Crippen LogP contribution in [0.4, 0.5) is 0 Å². The summed E-state index contributed by atoms with van der Waals surface area (Å²) in [6.45, 7) is 7.68. The number of amides is 1. The first-order valence-corrected chi connectivity index (χ1v) is 10.4. The van der Waals surface area contributed by atoms with Gasteiger partial charge in [0.15, 0.2) is 0 Å². The highest BCUT2D eigenvalue weighted by atomic mass is 16.5. The van der Waals surface area contributed by atoms with Crippen LogP contribution in [0.25, 0.3) is 11.0 Å². The molecule has 30 heavy (non-hydrogen) atoms. The van der Waals surface area contributed by atoms with Crippen molar-refractivity contribution < 1.29 is 14.3 Å².